The number of benzene rings is 2. The van der Waals surface area contributed by atoms with Crippen LogP contribution in [0.5, 0.6) is 0 Å². The van der Waals surface area contributed by atoms with Crippen LogP contribution in [0.3, 0.4) is 0 Å². The summed E-state index contributed by atoms with van der Waals surface area (Å²) in [5.74, 6) is -0.430. The fourth-order valence-electron chi connectivity index (χ4n) is 2.48. The number of nitrogens with one attached hydrogen (secondary N) is 1. The molecular formula is C20H24N4O3S. The van der Waals surface area contributed by atoms with Gasteiger partial charge in [0.25, 0.3) is 0 Å². The number of sulfonamides is 1. The van der Waals surface area contributed by atoms with Crippen molar-refractivity contribution < 1.29 is 13.2 Å². The molecule has 0 saturated carbocycles. The minimum Gasteiger partial charge on any atom is -0.325 e. The molecule has 0 aliphatic carbocycles. The minimum absolute atomic E-state index is 0.0343. The summed E-state index contributed by atoms with van der Waals surface area (Å²) in [5, 5.41) is 11.5. The lowest BCUT2D eigenvalue weighted by molar-refractivity contribution is -0.116. The smallest absolute Gasteiger partial charge is 0.243 e. The Morgan fingerprint density at radius 1 is 1.04 bits per heavy atom. The summed E-state index contributed by atoms with van der Waals surface area (Å²) >= 11 is 0. The summed E-state index contributed by atoms with van der Waals surface area (Å²) in [6.45, 7) is 0.619. The number of carbonyl (C=O) groups excluding carboxylic acids is 1. The van der Waals surface area contributed by atoms with Crippen molar-refractivity contribution in [2.45, 2.75) is 11.3 Å². The fourth-order valence-corrected chi connectivity index (χ4v) is 3.60. The van der Waals surface area contributed by atoms with E-state index in [1.54, 1.807) is 12.1 Å². The maximum atomic E-state index is 12.6. The summed E-state index contributed by atoms with van der Waals surface area (Å²) in [6.07, 6.45) is 0.910. The van der Waals surface area contributed by atoms with Crippen LogP contribution in [0, 0.1) is 11.3 Å². The molecule has 0 aliphatic rings. The first kappa shape index (κ1) is 21.6. The SMILES string of the molecule is CN(C)CCc1ccc(NC(=O)CN(C)S(=O)(=O)c2ccc(C#N)cc2)cc1. The molecule has 2 aromatic rings. The molecule has 1 amide bonds. The highest BCUT2D eigenvalue weighted by molar-refractivity contribution is 7.89. The van der Waals surface area contributed by atoms with Crippen LogP contribution < -0.4 is 5.32 Å². The van der Waals surface area contributed by atoms with E-state index in [1.165, 1.54) is 31.3 Å². The molecule has 0 aromatic heterocycles. The van der Waals surface area contributed by atoms with Gasteiger partial charge in [0.2, 0.25) is 15.9 Å². The lowest BCUT2D eigenvalue weighted by atomic mass is 10.1. The third-order valence-electron chi connectivity index (χ3n) is 4.14. The van der Waals surface area contributed by atoms with E-state index < -0.39 is 15.9 Å². The van der Waals surface area contributed by atoms with Crippen molar-refractivity contribution in [2.24, 2.45) is 0 Å². The molecule has 0 fully saturated rings. The minimum atomic E-state index is -3.82. The van der Waals surface area contributed by atoms with Gasteiger partial charge in [-0.2, -0.15) is 9.57 Å². The standard InChI is InChI=1S/C20H24N4O3S/c1-23(2)13-12-16-4-8-18(9-5-16)22-20(25)15-24(3)28(26,27)19-10-6-17(14-21)7-11-19/h4-11H,12-13,15H2,1-3H3,(H,22,25). The molecule has 1 N–H and O–H groups in total. The van der Waals surface area contributed by atoms with Crippen molar-refractivity contribution in [1.82, 2.24) is 9.21 Å². The summed E-state index contributed by atoms with van der Waals surface area (Å²) in [7, 11) is 1.55. The van der Waals surface area contributed by atoms with Gasteiger partial charge in [0.1, 0.15) is 0 Å². The topological polar surface area (TPSA) is 93.5 Å². The van der Waals surface area contributed by atoms with Crippen LogP contribution in [0.1, 0.15) is 11.1 Å². The van der Waals surface area contributed by atoms with Crippen LogP contribution in [0.4, 0.5) is 5.69 Å². The van der Waals surface area contributed by atoms with E-state index in [0.717, 1.165) is 22.8 Å². The second-order valence-electron chi connectivity index (χ2n) is 6.70. The largest absolute Gasteiger partial charge is 0.325 e. The number of rotatable bonds is 8. The van der Waals surface area contributed by atoms with Gasteiger partial charge in [0.15, 0.2) is 0 Å². The molecule has 0 spiro atoms. The normalized spacial score (nSPS) is 11.4. The van der Waals surface area contributed by atoms with Crippen molar-refractivity contribution in [3.63, 3.8) is 0 Å². The van der Waals surface area contributed by atoms with Crippen molar-refractivity contribution >= 4 is 21.6 Å². The van der Waals surface area contributed by atoms with Gasteiger partial charge in [0.05, 0.1) is 23.1 Å². The second kappa shape index (κ2) is 9.46. The van der Waals surface area contributed by atoms with Crippen molar-refractivity contribution in [2.75, 3.05) is 39.5 Å². The first-order valence-corrected chi connectivity index (χ1v) is 10.2. The lowest BCUT2D eigenvalue weighted by Gasteiger charge is -2.17. The van der Waals surface area contributed by atoms with E-state index >= 15 is 0 Å². The molecule has 7 nitrogen and oxygen atoms in total. The number of likely N-dealkylation sites (N-methyl/N-ethyl adjacent to an activating group) is 2. The van der Waals surface area contributed by atoms with Crippen LogP contribution in [-0.4, -0.2) is 57.8 Å². The average molecular weight is 401 g/mol. The second-order valence-corrected chi connectivity index (χ2v) is 8.74. The quantitative estimate of drug-likeness (QED) is 0.731. The number of amides is 1. The van der Waals surface area contributed by atoms with E-state index in [0.29, 0.717) is 11.3 Å². The third-order valence-corrected chi connectivity index (χ3v) is 5.96. The molecule has 2 rings (SSSR count). The summed E-state index contributed by atoms with van der Waals surface area (Å²) in [6, 6.07) is 15.0. The molecular weight excluding hydrogens is 376 g/mol. The molecule has 0 heterocycles. The maximum Gasteiger partial charge on any atom is 0.243 e. The monoisotopic (exact) mass is 400 g/mol. The van der Waals surface area contributed by atoms with Crippen LogP contribution in [0.15, 0.2) is 53.4 Å². The van der Waals surface area contributed by atoms with Crippen molar-refractivity contribution in [1.29, 1.82) is 5.26 Å². The molecule has 0 bridgehead atoms. The Kier molecular flexibility index (Phi) is 7.29. The van der Waals surface area contributed by atoms with Gasteiger partial charge in [0, 0.05) is 19.3 Å². The predicted octanol–water partition coefficient (Wildman–Crippen LogP) is 1.92. The number of anilines is 1. The summed E-state index contributed by atoms with van der Waals surface area (Å²) in [5.41, 5.74) is 2.14. The maximum absolute atomic E-state index is 12.6. The van der Waals surface area contributed by atoms with E-state index in [-0.39, 0.29) is 11.4 Å². The number of carbonyl (C=O) groups is 1. The van der Waals surface area contributed by atoms with E-state index in [4.69, 9.17) is 5.26 Å². The van der Waals surface area contributed by atoms with Crippen molar-refractivity contribution in [3.05, 3.63) is 59.7 Å². The Labute approximate surface area is 166 Å². The van der Waals surface area contributed by atoms with Gasteiger partial charge in [-0.1, -0.05) is 12.1 Å². The van der Waals surface area contributed by atoms with Crippen LogP contribution in [-0.2, 0) is 21.2 Å². The Balaban J connectivity index is 1.96. The Morgan fingerprint density at radius 2 is 1.64 bits per heavy atom. The zero-order valence-electron chi connectivity index (χ0n) is 16.2. The predicted molar refractivity (Wildman–Crippen MR) is 108 cm³/mol. The zero-order valence-corrected chi connectivity index (χ0v) is 17.0. The molecule has 148 valence electrons. The van der Waals surface area contributed by atoms with E-state index in [2.05, 4.69) is 10.2 Å². The van der Waals surface area contributed by atoms with Gasteiger partial charge in [-0.05, 0) is 62.5 Å². The molecule has 28 heavy (non-hydrogen) atoms. The molecule has 0 saturated heterocycles. The Morgan fingerprint density at radius 3 is 2.18 bits per heavy atom. The number of hydrogen-bond donors (Lipinski definition) is 1. The molecule has 0 aliphatic heterocycles. The Hall–Kier alpha value is -2.73. The highest BCUT2D eigenvalue weighted by Gasteiger charge is 2.23. The molecule has 0 radical (unpaired) electrons. The third kappa shape index (κ3) is 5.89. The first-order valence-electron chi connectivity index (χ1n) is 8.72. The Bertz CT molecular complexity index is 946. The highest BCUT2D eigenvalue weighted by atomic mass is 32.2. The highest BCUT2D eigenvalue weighted by Crippen LogP contribution is 2.15. The average Bonchev–Trinajstić information content (AvgIpc) is 2.67. The van der Waals surface area contributed by atoms with E-state index in [9.17, 15) is 13.2 Å². The zero-order chi connectivity index (χ0) is 20.7. The van der Waals surface area contributed by atoms with Gasteiger partial charge >= 0.3 is 0 Å². The molecule has 0 unspecified atom stereocenters. The van der Waals surface area contributed by atoms with E-state index in [1.807, 2.05) is 32.3 Å². The van der Waals surface area contributed by atoms with Gasteiger partial charge in [-0.3, -0.25) is 4.79 Å². The van der Waals surface area contributed by atoms with Gasteiger partial charge in [-0.25, -0.2) is 8.42 Å². The lowest BCUT2D eigenvalue weighted by Crippen LogP contribution is -2.34. The van der Waals surface area contributed by atoms with Crippen molar-refractivity contribution in [3.8, 4) is 6.07 Å². The molecule has 2 aromatic carbocycles. The molecule has 8 heteroatoms. The number of hydrogen-bond acceptors (Lipinski definition) is 5. The fraction of sp³-hybridized carbons (Fsp3) is 0.300. The van der Waals surface area contributed by atoms with Gasteiger partial charge < -0.3 is 10.2 Å². The number of nitrogens with zero attached hydrogens (tertiary/aromatic N) is 3. The van der Waals surface area contributed by atoms with Crippen LogP contribution >= 0.6 is 0 Å². The molecule has 0 atom stereocenters. The van der Waals surface area contributed by atoms with Gasteiger partial charge in [-0.15, -0.1) is 0 Å². The number of nitriles is 1. The summed E-state index contributed by atoms with van der Waals surface area (Å²) < 4.78 is 26.1. The van der Waals surface area contributed by atoms with Crippen LogP contribution in [0.25, 0.3) is 0 Å². The van der Waals surface area contributed by atoms with Crippen LogP contribution in [0.2, 0.25) is 0 Å². The first-order chi connectivity index (χ1) is 13.2. The summed E-state index contributed by atoms with van der Waals surface area (Å²) in [4.78, 5) is 14.4.